The number of aliphatic hydroxyl groups excluding tert-OH is 7. The van der Waals surface area contributed by atoms with Gasteiger partial charge in [0.25, 0.3) is 0 Å². The molecule has 13 heteroatoms. The molecule has 0 unspecified atom stereocenters. The van der Waals surface area contributed by atoms with Crippen molar-refractivity contribution >= 4 is 0 Å². The van der Waals surface area contributed by atoms with Gasteiger partial charge in [-0.2, -0.15) is 0 Å². The Kier molecular flexibility index (Phi) is 10.0. The van der Waals surface area contributed by atoms with E-state index in [4.69, 9.17) is 28.4 Å². The van der Waals surface area contributed by atoms with E-state index in [1.54, 1.807) is 13.8 Å². The molecule has 4 aliphatic heterocycles. The largest absolute Gasteiger partial charge is 0.393 e. The Morgan fingerprint density at radius 3 is 2.02 bits per heavy atom. The third-order valence-corrected chi connectivity index (χ3v) is 16.1. The number of ether oxygens (including phenoxy) is 6. The zero-order valence-corrected chi connectivity index (χ0v) is 31.6. The highest BCUT2D eigenvalue weighted by molar-refractivity contribution is 5.17. The SMILES string of the molecule is C[C@@H]1CO[C@]2(O[C@H]3C[C@H]4[C@@H]5C[C@H](O[C@@H]6O[C@H](C)[C@@H](O)[C@H](O[C@@H]7O[C@@H](C)[C@H](O)[C@@H](O)[C@H]7O)[C@H]6O)[C@@H]6C[C@@H](O)CC[C@]6(C)[C@H]5CC[C@]4(C)[C@H]3[C@@H]2C)[C@H](O)C1. The first-order valence-corrected chi connectivity index (χ1v) is 20.2. The molecular formula is C39H64O13. The van der Waals surface area contributed by atoms with Gasteiger partial charge in [0.15, 0.2) is 18.4 Å². The van der Waals surface area contributed by atoms with Gasteiger partial charge in [-0.1, -0.05) is 27.7 Å². The zero-order valence-electron chi connectivity index (χ0n) is 31.6. The van der Waals surface area contributed by atoms with Gasteiger partial charge >= 0.3 is 0 Å². The third kappa shape index (κ3) is 5.73. The summed E-state index contributed by atoms with van der Waals surface area (Å²) in [5.41, 5.74) is -0.122. The van der Waals surface area contributed by atoms with Gasteiger partial charge in [-0.05, 0) is 112 Å². The predicted molar refractivity (Wildman–Crippen MR) is 183 cm³/mol. The molecule has 8 rings (SSSR count). The van der Waals surface area contributed by atoms with Crippen LogP contribution in [0.4, 0.5) is 0 Å². The second-order valence-electron chi connectivity index (χ2n) is 18.9. The lowest BCUT2D eigenvalue weighted by Crippen LogP contribution is -2.64. The monoisotopic (exact) mass is 740 g/mol. The van der Waals surface area contributed by atoms with Gasteiger partial charge in [-0.15, -0.1) is 0 Å². The molecule has 13 nitrogen and oxygen atoms in total. The maximum absolute atomic E-state index is 11.7. The topological polar surface area (TPSA) is 197 Å². The van der Waals surface area contributed by atoms with Crippen molar-refractivity contribution in [1.82, 2.24) is 0 Å². The van der Waals surface area contributed by atoms with Gasteiger partial charge in [0, 0.05) is 5.92 Å². The van der Waals surface area contributed by atoms with Crippen molar-refractivity contribution in [3.63, 3.8) is 0 Å². The van der Waals surface area contributed by atoms with Crippen molar-refractivity contribution in [1.29, 1.82) is 0 Å². The van der Waals surface area contributed by atoms with Crippen LogP contribution in [0, 0.1) is 52.3 Å². The summed E-state index contributed by atoms with van der Waals surface area (Å²) < 4.78 is 37.9. The quantitative estimate of drug-likeness (QED) is 0.205. The summed E-state index contributed by atoms with van der Waals surface area (Å²) in [6.45, 7) is 12.9. The van der Waals surface area contributed by atoms with E-state index in [1.807, 2.05) is 0 Å². The van der Waals surface area contributed by atoms with E-state index in [1.165, 1.54) is 0 Å². The molecule has 8 fully saturated rings. The number of hydrogen-bond donors (Lipinski definition) is 7. The summed E-state index contributed by atoms with van der Waals surface area (Å²) in [6.07, 6.45) is -7.54. The Bertz CT molecular complexity index is 1310. The van der Waals surface area contributed by atoms with Crippen LogP contribution >= 0.6 is 0 Å². The summed E-state index contributed by atoms with van der Waals surface area (Å²) in [7, 11) is 0. The van der Waals surface area contributed by atoms with Gasteiger partial charge in [0.05, 0.1) is 37.1 Å². The van der Waals surface area contributed by atoms with E-state index in [0.717, 1.165) is 38.5 Å². The maximum Gasteiger partial charge on any atom is 0.197 e. The fraction of sp³-hybridized carbons (Fsp3) is 1.00. The molecule has 4 saturated carbocycles. The first-order chi connectivity index (χ1) is 24.5. The second-order valence-corrected chi connectivity index (χ2v) is 18.9. The first kappa shape index (κ1) is 38.4. The van der Waals surface area contributed by atoms with Crippen molar-refractivity contribution in [2.45, 2.75) is 185 Å². The van der Waals surface area contributed by atoms with Crippen molar-refractivity contribution < 1.29 is 64.2 Å². The Morgan fingerprint density at radius 1 is 0.635 bits per heavy atom. The second kappa shape index (κ2) is 13.6. The summed E-state index contributed by atoms with van der Waals surface area (Å²) >= 11 is 0. The molecule has 4 saturated heterocycles. The van der Waals surface area contributed by atoms with Crippen molar-refractivity contribution in [2.24, 2.45) is 52.3 Å². The van der Waals surface area contributed by atoms with Crippen LogP contribution < -0.4 is 0 Å². The molecule has 8 aliphatic rings. The molecule has 4 aliphatic carbocycles. The van der Waals surface area contributed by atoms with Crippen LogP contribution in [0.15, 0.2) is 0 Å². The van der Waals surface area contributed by atoms with Crippen molar-refractivity contribution in [2.75, 3.05) is 6.61 Å². The van der Waals surface area contributed by atoms with Gasteiger partial charge < -0.3 is 64.2 Å². The number of aliphatic hydroxyl groups is 7. The minimum Gasteiger partial charge on any atom is -0.393 e. The predicted octanol–water partition coefficient (Wildman–Crippen LogP) is 1.44. The molecule has 298 valence electrons. The first-order valence-electron chi connectivity index (χ1n) is 20.2. The van der Waals surface area contributed by atoms with Crippen LogP contribution in [0.3, 0.4) is 0 Å². The van der Waals surface area contributed by atoms with Crippen molar-refractivity contribution in [3.8, 4) is 0 Å². The smallest absolute Gasteiger partial charge is 0.197 e. The van der Waals surface area contributed by atoms with Gasteiger partial charge in [0.2, 0.25) is 0 Å². The van der Waals surface area contributed by atoms with Crippen LogP contribution in [-0.4, -0.2) is 134 Å². The van der Waals surface area contributed by atoms with Crippen LogP contribution in [0.2, 0.25) is 0 Å². The minimum atomic E-state index is -1.60. The molecule has 7 N–H and O–H groups in total. The maximum atomic E-state index is 11.7. The number of fused-ring (bicyclic) bond motifs is 7. The lowest BCUT2D eigenvalue weighted by Gasteiger charge is -2.63. The molecule has 1 spiro atoms. The molecule has 24 atom stereocenters. The normalized spacial score (nSPS) is 61.9. The van der Waals surface area contributed by atoms with E-state index >= 15 is 0 Å². The lowest BCUT2D eigenvalue weighted by molar-refractivity contribution is -0.363. The van der Waals surface area contributed by atoms with Gasteiger partial charge in [0.1, 0.15) is 42.7 Å². The highest BCUT2D eigenvalue weighted by Gasteiger charge is 2.71. The molecule has 0 aromatic rings. The van der Waals surface area contributed by atoms with E-state index in [2.05, 4.69) is 27.7 Å². The van der Waals surface area contributed by atoms with Crippen LogP contribution in [0.25, 0.3) is 0 Å². The third-order valence-electron chi connectivity index (χ3n) is 16.1. The van der Waals surface area contributed by atoms with Crippen molar-refractivity contribution in [3.05, 3.63) is 0 Å². The Morgan fingerprint density at radius 2 is 1.31 bits per heavy atom. The standard InChI is InChI=1S/C39H64O13/c1-16-11-27(41)39(47-15-16)17(2)28-26(52-39)14-23-21-13-25(24-12-20(40)7-9-37(24,5)22(21)8-10-38(23,28)6)50-36-33(46)34(30(43)19(4)49-36)51-35-32(45)31(44)29(42)18(3)48-35/h16-36,40-46H,7-15H2,1-6H3/t16-,17-,18-,19+,20-,21+,22-,23-,24-,25-,26-,27+,28-,29-,30+,31+,32+,33+,34-,35-,36-,37+,38-,39+/m0/s1. The van der Waals surface area contributed by atoms with E-state index in [-0.39, 0.29) is 46.7 Å². The van der Waals surface area contributed by atoms with Gasteiger partial charge in [-0.3, -0.25) is 0 Å². The Labute approximate surface area is 307 Å². The van der Waals surface area contributed by atoms with E-state index in [9.17, 15) is 35.7 Å². The fourth-order valence-corrected chi connectivity index (χ4v) is 13.3. The highest BCUT2D eigenvalue weighted by Crippen LogP contribution is 2.71. The Balaban J connectivity index is 1.04. The molecule has 0 bridgehead atoms. The molecule has 4 heterocycles. The average Bonchev–Trinajstić information content (AvgIpc) is 3.55. The average molecular weight is 741 g/mol. The summed E-state index contributed by atoms with van der Waals surface area (Å²) in [5, 5.41) is 76.3. The van der Waals surface area contributed by atoms with Gasteiger partial charge in [-0.25, -0.2) is 0 Å². The minimum absolute atomic E-state index is 0.00617. The summed E-state index contributed by atoms with van der Waals surface area (Å²) in [4.78, 5) is 0. The number of rotatable bonds is 4. The Hall–Kier alpha value is -0.520. The zero-order chi connectivity index (χ0) is 37.2. The van der Waals surface area contributed by atoms with Crippen LogP contribution in [0.1, 0.15) is 92.9 Å². The van der Waals surface area contributed by atoms with Crippen LogP contribution in [0.5, 0.6) is 0 Å². The van der Waals surface area contributed by atoms with E-state index in [0.29, 0.717) is 37.2 Å². The number of hydrogen-bond acceptors (Lipinski definition) is 13. The fourth-order valence-electron chi connectivity index (χ4n) is 13.3. The molecule has 0 amide bonds. The molecule has 0 aromatic heterocycles. The lowest BCUT2D eigenvalue weighted by atomic mass is 9.43. The molecule has 0 radical (unpaired) electrons. The van der Waals surface area contributed by atoms with E-state index < -0.39 is 79.4 Å². The molecular weight excluding hydrogens is 676 g/mol. The summed E-state index contributed by atoms with van der Waals surface area (Å²) in [5.74, 6) is 0.760. The summed E-state index contributed by atoms with van der Waals surface area (Å²) in [6, 6.07) is 0. The highest BCUT2D eigenvalue weighted by atomic mass is 16.7. The molecule has 0 aromatic carbocycles. The molecule has 52 heavy (non-hydrogen) atoms. The van der Waals surface area contributed by atoms with Crippen LogP contribution in [-0.2, 0) is 28.4 Å².